The Balaban J connectivity index is 1.81. The van der Waals surface area contributed by atoms with Crippen LogP contribution in [0.1, 0.15) is 30.0 Å². The van der Waals surface area contributed by atoms with E-state index in [9.17, 15) is 24.3 Å². The highest BCUT2D eigenvalue weighted by Gasteiger charge is 2.40. The molecule has 1 aromatic rings. The number of fused-ring (bicyclic) bond motifs is 1. The molecule has 0 saturated carbocycles. The quantitative estimate of drug-likeness (QED) is 0.671. The van der Waals surface area contributed by atoms with E-state index < -0.39 is 30.0 Å². The van der Waals surface area contributed by atoms with Crippen molar-refractivity contribution >= 4 is 23.8 Å². The van der Waals surface area contributed by atoms with Crippen LogP contribution in [0.3, 0.4) is 0 Å². The lowest BCUT2D eigenvalue weighted by atomic mass is 10.0. The third kappa shape index (κ3) is 2.75. The predicted octanol–water partition coefficient (Wildman–Crippen LogP) is 0.143. The van der Waals surface area contributed by atoms with Crippen molar-refractivity contribution < 1.29 is 24.3 Å². The molecular formula is C15H15N3O5. The molecule has 3 N–H and O–H groups in total. The number of hydrogen-bond donors (Lipinski definition) is 3. The summed E-state index contributed by atoms with van der Waals surface area (Å²) in [6.45, 7) is 0.124. The second kappa shape index (κ2) is 5.71. The Kier molecular flexibility index (Phi) is 3.73. The molecule has 1 saturated heterocycles. The molecule has 120 valence electrons. The van der Waals surface area contributed by atoms with Gasteiger partial charge in [0.2, 0.25) is 17.7 Å². The van der Waals surface area contributed by atoms with Crippen LogP contribution < -0.4 is 10.6 Å². The second-order valence-electron chi connectivity index (χ2n) is 5.52. The lowest BCUT2D eigenvalue weighted by Gasteiger charge is -2.26. The van der Waals surface area contributed by atoms with Crippen molar-refractivity contribution in [3.8, 4) is 0 Å². The van der Waals surface area contributed by atoms with Gasteiger partial charge in [0.05, 0.1) is 6.54 Å². The molecular weight excluding hydrogens is 302 g/mol. The highest BCUT2D eigenvalue weighted by Crippen LogP contribution is 2.33. The van der Waals surface area contributed by atoms with Crippen molar-refractivity contribution in [2.24, 2.45) is 0 Å². The summed E-state index contributed by atoms with van der Waals surface area (Å²) in [5.41, 5.74) is 1.37. The molecule has 0 bridgehead atoms. The number of amides is 4. The first-order chi connectivity index (χ1) is 11.0. The zero-order valence-electron chi connectivity index (χ0n) is 12.1. The van der Waals surface area contributed by atoms with E-state index in [4.69, 9.17) is 0 Å². The van der Waals surface area contributed by atoms with Gasteiger partial charge in [0, 0.05) is 6.42 Å². The zero-order chi connectivity index (χ0) is 16.6. The SMILES string of the molecule is O=C1CCC(NC(=O)C2c3ccccc3CN2C(=O)O)C(=O)N1. The molecule has 8 nitrogen and oxygen atoms in total. The minimum absolute atomic E-state index is 0.124. The van der Waals surface area contributed by atoms with E-state index in [1.54, 1.807) is 24.3 Å². The van der Waals surface area contributed by atoms with E-state index in [-0.39, 0.29) is 25.3 Å². The number of nitrogens with zero attached hydrogens (tertiary/aromatic N) is 1. The molecule has 0 radical (unpaired) electrons. The fraction of sp³-hybridized carbons (Fsp3) is 0.333. The number of carbonyl (C=O) groups is 4. The van der Waals surface area contributed by atoms with E-state index in [1.807, 2.05) is 0 Å². The number of piperidine rings is 1. The first kappa shape index (κ1) is 15.0. The summed E-state index contributed by atoms with van der Waals surface area (Å²) in [7, 11) is 0. The van der Waals surface area contributed by atoms with Gasteiger partial charge in [-0.3, -0.25) is 24.6 Å². The maximum atomic E-state index is 12.5. The van der Waals surface area contributed by atoms with Crippen LogP contribution in [0.5, 0.6) is 0 Å². The van der Waals surface area contributed by atoms with Gasteiger partial charge in [-0.05, 0) is 17.5 Å². The molecule has 0 aliphatic carbocycles. The molecule has 4 amide bonds. The van der Waals surface area contributed by atoms with Crippen molar-refractivity contribution in [3.63, 3.8) is 0 Å². The van der Waals surface area contributed by atoms with Gasteiger partial charge < -0.3 is 10.4 Å². The molecule has 0 spiro atoms. The third-order valence-electron chi connectivity index (χ3n) is 4.05. The number of carbonyl (C=O) groups excluding carboxylic acids is 3. The zero-order valence-corrected chi connectivity index (χ0v) is 12.1. The molecule has 2 unspecified atom stereocenters. The Labute approximate surface area is 131 Å². The molecule has 2 atom stereocenters. The van der Waals surface area contributed by atoms with Crippen molar-refractivity contribution in [3.05, 3.63) is 35.4 Å². The number of nitrogens with one attached hydrogen (secondary N) is 2. The summed E-state index contributed by atoms with van der Waals surface area (Å²) in [5.74, 6) is -1.51. The van der Waals surface area contributed by atoms with Crippen LogP contribution in [0.2, 0.25) is 0 Å². The van der Waals surface area contributed by atoms with Crippen LogP contribution in [-0.2, 0) is 20.9 Å². The average Bonchev–Trinajstić information content (AvgIpc) is 2.90. The summed E-state index contributed by atoms with van der Waals surface area (Å²) in [5, 5.41) is 14.0. The standard InChI is InChI=1S/C15H15N3O5/c19-11-6-5-10(13(20)17-11)16-14(21)12-9-4-2-1-3-8(9)7-18(12)15(22)23/h1-4,10,12H,5-7H2,(H,16,21)(H,22,23)(H,17,19,20). The van der Waals surface area contributed by atoms with E-state index in [1.165, 1.54) is 0 Å². The van der Waals surface area contributed by atoms with Crippen LogP contribution in [0, 0.1) is 0 Å². The molecule has 23 heavy (non-hydrogen) atoms. The van der Waals surface area contributed by atoms with E-state index in [0.29, 0.717) is 5.56 Å². The van der Waals surface area contributed by atoms with Gasteiger partial charge in [0.15, 0.2) is 0 Å². The van der Waals surface area contributed by atoms with Gasteiger partial charge in [-0.15, -0.1) is 0 Å². The fourth-order valence-electron chi connectivity index (χ4n) is 2.93. The number of carboxylic acid groups (broad SMARTS) is 1. The summed E-state index contributed by atoms with van der Waals surface area (Å²) in [4.78, 5) is 47.9. The molecule has 2 heterocycles. The Bertz CT molecular complexity index is 702. The van der Waals surface area contributed by atoms with E-state index in [2.05, 4.69) is 10.6 Å². The molecule has 3 rings (SSSR count). The van der Waals surface area contributed by atoms with Gasteiger partial charge in [0.1, 0.15) is 12.1 Å². The van der Waals surface area contributed by atoms with Crippen molar-refractivity contribution in [2.45, 2.75) is 31.5 Å². The van der Waals surface area contributed by atoms with Gasteiger partial charge in [-0.2, -0.15) is 0 Å². The first-order valence-electron chi connectivity index (χ1n) is 7.19. The van der Waals surface area contributed by atoms with Gasteiger partial charge in [-0.1, -0.05) is 24.3 Å². The third-order valence-corrected chi connectivity index (χ3v) is 4.05. The summed E-state index contributed by atoms with van der Waals surface area (Å²) >= 11 is 0. The summed E-state index contributed by atoms with van der Waals surface area (Å²) < 4.78 is 0. The first-order valence-corrected chi connectivity index (χ1v) is 7.19. The smallest absolute Gasteiger partial charge is 0.408 e. The molecule has 1 aromatic carbocycles. The number of hydrogen-bond acceptors (Lipinski definition) is 4. The van der Waals surface area contributed by atoms with Crippen LogP contribution in [0.4, 0.5) is 4.79 Å². The number of benzene rings is 1. The molecule has 1 fully saturated rings. The van der Waals surface area contributed by atoms with E-state index in [0.717, 1.165) is 10.5 Å². The lowest BCUT2D eigenvalue weighted by molar-refractivity contribution is -0.138. The van der Waals surface area contributed by atoms with Gasteiger partial charge >= 0.3 is 6.09 Å². The fourth-order valence-corrected chi connectivity index (χ4v) is 2.93. The average molecular weight is 317 g/mol. The molecule has 8 heteroatoms. The Hall–Kier alpha value is -2.90. The monoisotopic (exact) mass is 317 g/mol. The highest BCUT2D eigenvalue weighted by molar-refractivity contribution is 6.02. The van der Waals surface area contributed by atoms with Gasteiger partial charge in [-0.25, -0.2) is 4.79 Å². The summed E-state index contributed by atoms with van der Waals surface area (Å²) in [6.07, 6.45) is -0.858. The van der Waals surface area contributed by atoms with Crippen molar-refractivity contribution in [2.75, 3.05) is 0 Å². The topological polar surface area (TPSA) is 116 Å². The maximum Gasteiger partial charge on any atom is 0.408 e. The maximum absolute atomic E-state index is 12.5. The Morgan fingerprint density at radius 3 is 2.70 bits per heavy atom. The Morgan fingerprint density at radius 2 is 2.00 bits per heavy atom. The predicted molar refractivity (Wildman–Crippen MR) is 77.1 cm³/mol. The molecule has 2 aliphatic heterocycles. The minimum Gasteiger partial charge on any atom is -0.465 e. The largest absolute Gasteiger partial charge is 0.465 e. The van der Waals surface area contributed by atoms with Crippen molar-refractivity contribution in [1.82, 2.24) is 15.5 Å². The number of rotatable bonds is 2. The molecule has 2 aliphatic rings. The van der Waals surface area contributed by atoms with Crippen LogP contribution >= 0.6 is 0 Å². The lowest BCUT2D eigenvalue weighted by Crippen LogP contribution is -2.54. The van der Waals surface area contributed by atoms with Crippen LogP contribution in [0.15, 0.2) is 24.3 Å². The summed E-state index contributed by atoms with van der Waals surface area (Å²) in [6, 6.07) is 5.16. The highest BCUT2D eigenvalue weighted by atomic mass is 16.4. The van der Waals surface area contributed by atoms with Crippen LogP contribution in [0.25, 0.3) is 0 Å². The minimum atomic E-state index is -1.20. The van der Waals surface area contributed by atoms with Crippen molar-refractivity contribution in [1.29, 1.82) is 0 Å². The van der Waals surface area contributed by atoms with Crippen LogP contribution in [-0.4, -0.2) is 39.9 Å². The number of imide groups is 1. The second-order valence-corrected chi connectivity index (χ2v) is 5.52. The Morgan fingerprint density at radius 1 is 1.26 bits per heavy atom. The molecule has 0 aromatic heterocycles. The van der Waals surface area contributed by atoms with E-state index >= 15 is 0 Å². The van der Waals surface area contributed by atoms with Gasteiger partial charge in [0.25, 0.3) is 0 Å². The normalized spacial score (nSPS) is 23.2.